The van der Waals surface area contributed by atoms with Crippen molar-refractivity contribution >= 4 is 52.3 Å². The first-order valence-corrected chi connectivity index (χ1v) is 7.06. The second-order valence-electron chi connectivity index (χ2n) is 5.59. The van der Waals surface area contributed by atoms with E-state index < -0.39 is 11.9 Å². The molecule has 0 spiro atoms. The van der Waals surface area contributed by atoms with E-state index in [0.29, 0.717) is 23.4 Å². The predicted molar refractivity (Wildman–Crippen MR) is 88.6 cm³/mol. The van der Waals surface area contributed by atoms with Gasteiger partial charge in [-0.3, -0.25) is 24.6 Å². The van der Waals surface area contributed by atoms with Crippen LogP contribution in [-0.4, -0.2) is 23.8 Å². The number of carbonyl (C=O) groups is 3. The molecular formula is C16H14ClN3O3. The smallest absolute Gasteiger partial charge is 0.259 e. The van der Waals surface area contributed by atoms with Gasteiger partial charge in [-0.2, -0.15) is 0 Å². The van der Waals surface area contributed by atoms with Gasteiger partial charge in [0.05, 0.1) is 5.69 Å². The molecule has 1 fully saturated rings. The van der Waals surface area contributed by atoms with Crippen molar-refractivity contribution in [2.24, 2.45) is 0 Å². The molecule has 2 aliphatic heterocycles. The van der Waals surface area contributed by atoms with Crippen LogP contribution >= 0.6 is 12.4 Å². The number of hydrogen-bond donors (Lipinski definition) is 2. The fourth-order valence-corrected chi connectivity index (χ4v) is 3.27. The summed E-state index contributed by atoms with van der Waals surface area (Å²) in [6, 6.07) is 8.27. The first-order valence-electron chi connectivity index (χ1n) is 7.06. The lowest BCUT2D eigenvalue weighted by Crippen LogP contribution is -2.53. The van der Waals surface area contributed by atoms with Crippen LogP contribution < -0.4 is 16.0 Å². The van der Waals surface area contributed by atoms with Gasteiger partial charge >= 0.3 is 0 Å². The van der Waals surface area contributed by atoms with Gasteiger partial charge in [0.25, 0.3) is 5.91 Å². The number of benzene rings is 2. The zero-order valence-electron chi connectivity index (χ0n) is 12.0. The Kier molecular flexibility index (Phi) is 3.49. The molecular weight excluding hydrogens is 318 g/mol. The van der Waals surface area contributed by atoms with Crippen LogP contribution in [0.2, 0.25) is 0 Å². The van der Waals surface area contributed by atoms with E-state index >= 15 is 0 Å². The molecule has 0 aliphatic carbocycles. The average molecular weight is 332 g/mol. The molecule has 118 valence electrons. The first kappa shape index (κ1) is 15.3. The Bertz CT molecular complexity index is 865. The van der Waals surface area contributed by atoms with E-state index in [1.165, 1.54) is 4.90 Å². The third kappa shape index (κ3) is 2.14. The number of hydrogen-bond acceptors (Lipinski definition) is 4. The van der Waals surface area contributed by atoms with Crippen LogP contribution in [0.25, 0.3) is 10.8 Å². The summed E-state index contributed by atoms with van der Waals surface area (Å²) >= 11 is 0. The van der Waals surface area contributed by atoms with E-state index in [1.54, 1.807) is 18.2 Å². The second kappa shape index (κ2) is 5.24. The van der Waals surface area contributed by atoms with Crippen molar-refractivity contribution in [1.29, 1.82) is 0 Å². The lowest BCUT2D eigenvalue weighted by atomic mass is 10.0. The monoisotopic (exact) mass is 331 g/mol. The third-order valence-corrected chi connectivity index (χ3v) is 4.21. The first-order chi connectivity index (χ1) is 10.6. The number of amides is 3. The number of nitrogen functional groups attached to an aromatic ring is 1. The van der Waals surface area contributed by atoms with Crippen LogP contribution in [0.1, 0.15) is 23.2 Å². The fourth-order valence-electron chi connectivity index (χ4n) is 3.27. The van der Waals surface area contributed by atoms with Crippen molar-refractivity contribution in [2.75, 3.05) is 10.6 Å². The topological polar surface area (TPSA) is 92.5 Å². The molecule has 3 amide bonds. The van der Waals surface area contributed by atoms with Gasteiger partial charge in [0.15, 0.2) is 0 Å². The van der Waals surface area contributed by atoms with Gasteiger partial charge < -0.3 is 5.73 Å². The van der Waals surface area contributed by atoms with Gasteiger partial charge in [-0.05, 0) is 30.0 Å². The maximum absolute atomic E-state index is 12.7. The summed E-state index contributed by atoms with van der Waals surface area (Å²) in [6.45, 7) is 0. The summed E-state index contributed by atoms with van der Waals surface area (Å²) in [5, 5.41) is 3.98. The molecule has 4 rings (SSSR count). The Morgan fingerprint density at radius 1 is 1.17 bits per heavy atom. The van der Waals surface area contributed by atoms with Crippen LogP contribution in [0.4, 0.5) is 11.4 Å². The minimum atomic E-state index is -0.678. The molecule has 2 aromatic carbocycles. The van der Waals surface area contributed by atoms with Crippen LogP contribution in [0.3, 0.4) is 0 Å². The summed E-state index contributed by atoms with van der Waals surface area (Å²) in [5.74, 6) is -0.961. The van der Waals surface area contributed by atoms with Crippen LogP contribution in [-0.2, 0) is 9.59 Å². The Hall–Kier alpha value is -2.60. The van der Waals surface area contributed by atoms with Gasteiger partial charge in [0.1, 0.15) is 6.04 Å². The van der Waals surface area contributed by atoms with Crippen molar-refractivity contribution < 1.29 is 14.4 Å². The summed E-state index contributed by atoms with van der Waals surface area (Å²) in [4.78, 5) is 37.7. The average Bonchev–Trinajstić information content (AvgIpc) is 2.74. The minimum absolute atomic E-state index is 0. The molecule has 0 saturated carbocycles. The number of imide groups is 1. The number of nitrogens with zero attached hydrogens (tertiary/aromatic N) is 1. The van der Waals surface area contributed by atoms with Gasteiger partial charge in [0, 0.05) is 23.1 Å². The minimum Gasteiger partial charge on any atom is -0.399 e. The number of rotatable bonds is 1. The summed E-state index contributed by atoms with van der Waals surface area (Å²) in [6.07, 6.45) is 0.544. The molecule has 0 radical (unpaired) electrons. The zero-order valence-corrected chi connectivity index (χ0v) is 12.9. The number of carbonyl (C=O) groups excluding carboxylic acids is 3. The number of nitrogens with one attached hydrogen (secondary N) is 1. The molecule has 1 saturated heterocycles. The summed E-state index contributed by atoms with van der Waals surface area (Å²) < 4.78 is 0. The SMILES string of the molecule is Cl.Nc1cc2c3c(cccc3c1)C(=O)N2C1CCC(=O)NC1=O. The third-order valence-electron chi connectivity index (χ3n) is 4.21. The Balaban J connectivity index is 0.00000156. The van der Waals surface area contributed by atoms with Gasteiger partial charge in [0.2, 0.25) is 11.8 Å². The molecule has 7 heteroatoms. The predicted octanol–water partition coefficient (Wildman–Crippen LogP) is 1.61. The number of halogens is 1. The molecule has 3 N–H and O–H groups in total. The van der Waals surface area contributed by atoms with Crippen molar-refractivity contribution in [3.8, 4) is 0 Å². The molecule has 6 nitrogen and oxygen atoms in total. The van der Waals surface area contributed by atoms with Crippen molar-refractivity contribution in [2.45, 2.75) is 18.9 Å². The van der Waals surface area contributed by atoms with Gasteiger partial charge in [-0.1, -0.05) is 12.1 Å². The van der Waals surface area contributed by atoms with Crippen LogP contribution in [0.15, 0.2) is 30.3 Å². The molecule has 0 bridgehead atoms. The quantitative estimate of drug-likeness (QED) is 0.613. The van der Waals surface area contributed by atoms with Gasteiger partial charge in [-0.15, -0.1) is 12.4 Å². The van der Waals surface area contributed by atoms with E-state index in [1.807, 2.05) is 12.1 Å². The Labute approximate surface area is 138 Å². The highest BCUT2D eigenvalue weighted by molar-refractivity contribution is 6.27. The van der Waals surface area contributed by atoms with E-state index in [9.17, 15) is 14.4 Å². The number of nitrogens with two attached hydrogens (primary N) is 1. The van der Waals surface area contributed by atoms with Crippen molar-refractivity contribution in [3.63, 3.8) is 0 Å². The van der Waals surface area contributed by atoms with E-state index in [-0.39, 0.29) is 30.6 Å². The van der Waals surface area contributed by atoms with E-state index in [4.69, 9.17) is 5.73 Å². The lowest BCUT2D eigenvalue weighted by molar-refractivity contribution is -0.134. The molecule has 2 aromatic rings. The number of piperidine rings is 1. The van der Waals surface area contributed by atoms with Crippen LogP contribution in [0.5, 0.6) is 0 Å². The largest absolute Gasteiger partial charge is 0.399 e. The molecule has 0 aromatic heterocycles. The normalized spacial score (nSPS) is 19.7. The second-order valence-corrected chi connectivity index (χ2v) is 5.59. The van der Waals surface area contributed by atoms with E-state index in [2.05, 4.69) is 5.32 Å². The van der Waals surface area contributed by atoms with E-state index in [0.717, 1.165) is 10.8 Å². The van der Waals surface area contributed by atoms with Crippen molar-refractivity contribution in [1.82, 2.24) is 5.32 Å². The highest BCUT2D eigenvalue weighted by Crippen LogP contribution is 2.41. The summed E-state index contributed by atoms with van der Waals surface area (Å²) in [5.41, 5.74) is 7.67. The zero-order chi connectivity index (χ0) is 15.4. The highest BCUT2D eigenvalue weighted by Gasteiger charge is 2.40. The fraction of sp³-hybridized carbons (Fsp3) is 0.188. The molecule has 23 heavy (non-hydrogen) atoms. The lowest BCUT2D eigenvalue weighted by Gasteiger charge is -2.30. The van der Waals surface area contributed by atoms with Gasteiger partial charge in [-0.25, -0.2) is 0 Å². The van der Waals surface area contributed by atoms with Crippen LogP contribution in [0, 0.1) is 0 Å². The molecule has 1 unspecified atom stereocenters. The maximum Gasteiger partial charge on any atom is 0.259 e. The summed E-state index contributed by atoms with van der Waals surface area (Å²) in [7, 11) is 0. The van der Waals surface area contributed by atoms with Crippen molar-refractivity contribution in [3.05, 3.63) is 35.9 Å². The molecule has 1 atom stereocenters. The highest BCUT2D eigenvalue weighted by atomic mass is 35.5. The number of anilines is 2. The Morgan fingerprint density at radius 2 is 1.96 bits per heavy atom. The Morgan fingerprint density at radius 3 is 2.70 bits per heavy atom. The molecule has 2 aliphatic rings. The maximum atomic E-state index is 12.7. The molecule has 2 heterocycles. The standard InChI is InChI=1S/C16H13N3O3.ClH/c17-9-6-8-2-1-3-10-14(8)12(7-9)19(16(10)22)11-4-5-13(20)18-15(11)21;/h1-3,6-7,11H,4-5,17H2,(H,18,20,21);1H.